The van der Waals surface area contributed by atoms with Gasteiger partial charge in [0.1, 0.15) is 24.4 Å². The average molecular weight is 391 g/mol. The summed E-state index contributed by atoms with van der Waals surface area (Å²) in [6.45, 7) is 3.56. The smallest absolute Gasteiger partial charge is 0.270 e. The molecule has 0 N–H and O–H groups in total. The van der Waals surface area contributed by atoms with E-state index >= 15 is 0 Å². The van der Waals surface area contributed by atoms with Gasteiger partial charge in [-0.25, -0.2) is 4.98 Å². The largest absolute Gasteiger partial charge is 0.486 e. The van der Waals surface area contributed by atoms with Crippen LogP contribution in [0.4, 0.5) is 0 Å². The summed E-state index contributed by atoms with van der Waals surface area (Å²) >= 11 is 0. The summed E-state index contributed by atoms with van der Waals surface area (Å²) in [5.74, 6) is 1.15. The van der Waals surface area contributed by atoms with Crippen LogP contribution in [-0.4, -0.2) is 40.0 Å². The first kappa shape index (κ1) is 17.7. The van der Waals surface area contributed by atoms with Gasteiger partial charge in [-0.3, -0.25) is 14.0 Å². The van der Waals surface area contributed by atoms with Crippen LogP contribution in [0.15, 0.2) is 47.5 Å². The summed E-state index contributed by atoms with van der Waals surface area (Å²) in [5, 5.41) is 0. The monoisotopic (exact) mass is 391 g/mol. The maximum absolute atomic E-state index is 13.3. The molecule has 148 valence electrons. The van der Waals surface area contributed by atoms with Crippen molar-refractivity contribution in [2.45, 2.75) is 25.8 Å². The number of benzene rings is 1. The Morgan fingerprint density at radius 1 is 1.14 bits per heavy atom. The van der Waals surface area contributed by atoms with Crippen LogP contribution in [-0.2, 0) is 0 Å². The lowest BCUT2D eigenvalue weighted by atomic mass is 10.0. The SMILES string of the molecule is Cc1ccc2ncc(C(=O)N3CCCC3c3ccc4c(c3)OCCO4)c(=O)n2c1. The number of ether oxygens (including phenoxy) is 2. The van der Waals surface area contributed by atoms with Gasteiger partial charge in [0.25, 0.3) is 11.5 Å². The Morgan fingerprint density at radius 3 is 2.83 bits per heavy atom. The minimum absolute atomic E-state index is 0.0949. The molecule has 1 amide bonds. The molecule has 1 atom stereocenters. The molecule has 0 saturated carbocycles. The highest BCUT2D eigenvalue weighted by Gasteiger charge is 2.33. The summed E-state index contributed by atoms with van der Waals surface area (Å²) in [7, 11) is 0. The maximum atomic E-state index is 13.3. The van der Waals surface area contributed by atoms with E-state index in [1.807, 2.05) is 31.2 Å². The van der Waals surface area contributed by atoms with Crippen molar-refractivity contribution in [2.24, 2.45) is 0 Å². The zero-order chi connectivity index (χ0) is 20.0. The van der Waals surface area contributed by atoms with Gasteiger partial charge in [-0.15, -0.1) is 0 Å². The number of nitrogens with zero attached hydrogens (tertiary/aromatic N) is 3. The number of pyridine rings is 1. The number of aryl methyl sites for hydroxylation is 1. The van der Waals surface area contributed by atoms with Crippen LogP contribution in [0.2, 0.25) is 0 Å². The highest BCUT2D eigenvalue weighted by molar-refractivity contribution is 5.94. The van der Waals surface area contributed by atoms with Gasteiger partial charge in [-0.05, 0) is 49.1 Å². The summed E-state index contributed by atoms with van der Waals surface area (Å²) in [6.07, 6.45) is 4.83. The molecule has 4 heterocycles. The molecule has 0 bridgehead atoms. The predicted octanol–water partition coefficient (Wildman–Crippen LogP) is 2.75. The van der Waals surface area contributed by atoms with Gasteiger partial charge < -0.3 is 14.4 Å². The van der Waals surface area contributed by atoms with E-state index < -0.39 is 0 Å². The molecule has 1 unspecified atom stereocenters. The van der Waals surface area contributed by atoms with Crippen LogP contribution < -0.4 is 15.0 Å². The molecule has 3 aromatic rings. The summed E-state index contributed by atoms with van der Waals surface area (Å²) in [4.78, 5) is 32.3. The molecule has 0 spiro atoms. The number of fused-ring (bicyclic) bond motifs is 2. The van der Waals surface area contributed by atoms with Crippen molar-refractivity contribution in [1.82, 2.24) is 14.3 Å². The molecule has 2 aliphatic rings. The number of carbonyl (C=O) groups excluding carboxylic acids is 1. The van der Waals surface area contributed by atoms with Crippen molar-refractivity contribution in [3.05, 3.63) is 69.8 Å². The first-order valence-corrected chi connectivity index (χ1v) is 9.80. The molecular formula is C22H21N3O4. The molecular weight excluding hydrogens is 370 g/mol. The van der Waals surface area contributed by atoms with E-state index in [1.54, 1.807) is 17.2 Å². The van der Waals surface area contributed by atoms with E-state index in [0.29, 0.717) is 31.2 Å². The van der Waals surface area contributed by atoms with Crippen LogP contribution in [0.25, 0.3) is 5.65 Å². The topological polar surface area (TPSA) is 73.1 Å². The standard InChI is InChI=1S/C22H21N3O4/c1-14-4-7-20-23-12-16(22(27)25(20)13-14)21(26)24-8-2-3-17(24)15-5-6-18-19(11-15)29-10-9-28-18/h4-7,11-13,17H,2-3,8-10H2,1H3. The lowest BCUT2D eigenvalue weighted by molar-refractivity contribution is 0.0732. The molecule has 1 aromatic carbocycles. The fourth-order valence-corrected chi connectivity index (χ4v) is 4.11. The number of rotatable bonds is 2. The Kier molecular flexibility index (Phi) is 4.23. The van der Waals surface area contributed by atoms with Crippen molar-refractivity contribution < 1.29 is 14.3 Å². The Labute approximate surface area is 167 Å². The Hall–Kier alpha value is -3.35. The molecule has 1 saturated heterocycles. The molecule has 5 rings (SSSR count). The summed E-state index contributed by atoms with van der Waals surface area (Å²) in [6, 6.07) is 9.37. The van der Waals surface area contributed by atoms with E-state index in [-0.39, 0.29) is 23.1 Å². The molecule has 2 aromatic heterocycles. The number of likely N-dealkylation sites (tertiary alicyclic amines) is 1. The molecule has 2 aliphatic heterocycles. The zero-order valence-electron chi connectivity index (χ0n) is 16.1. The molecule has 0 aliphatic carbocycles. The number of amides is 1. The van der Waals surface area contributed by atoms with E-state index in [0.717, 1.165) is 29.7 Å². The van der Waals surface area contributed by atoms with Crippen molar-refractivity contribution >= 4 is 11.6 Å². The van der Waals surface area contributed by atoms with Gasteiger partial charge in [-0.1, -0.05) is 12.1 Å². The highest BCUT2D eigenvalue weighted by atomic mass is 16.6. The lowest BCUT2D eigenvalue weighted by Gasteiger charge is -2.26. The quantitative estimate of drug-likeness (QED) is 0.672. The number of hydrogen-bond acceptors (Lipinski definition) is 5. The normalized spacial score (nSPS) is 18.2. The fraction of sp³-hybridized carbons (Fsp3) is 0.318. The molecule has 29 heavy (non-hydrogen) atoms. The van der Waals surface area contributed by atoms with Crippen molar-refractivity contribution in [3.63, 3.8) is 0 Å². The van der Waals surface area contributed by atoms with Gasteiger partial charge in [0.15, 0.2) is 11.5 Å². The number of hydrogen-bond donors (Lipinski definition) is 0. The van der Waals surface area contributed by atoms with Crippen molar-refractivity contribution in [1.29, 1.82) is 0 Å². The third-order valence-electron chi connectivity index (χ3n) is 5.55. The van der Waals surface area contributed by atoms with Crippen LogP contribution in [0.3, 0.4) is 0 Å². The summed E-state index contributed by atoms with van der Waals surface area (Å²) < 4.78 is 12.7. The van der Waals surface area contributed by atoms with Gasteiger partial charge >= 0.3 is 0 Å². The van der Waals surface area contributed by atoms with Crippen molar-refractivity contribution in [3.8, 4) is 11.5 Å². The van der Waals surface area contributed by atoms with E-state index in [4.69, 9.17) is 9.47 Å². The van der Waals surface area contributed by atoms with Gasteiger partial charge in [0.05, 0.1) is 6.04 Å². The van der Waals surface area contributed by atoms with Gasteiger partial charge in [-0.2, -0.15) is 0 Å². The van der Waals surface area contributed by atoms with Crippen LogP contribution in [0.5, 0.6) is 11.5 Å². The van der Waals surface area contributed by atoms with Crippen LogP contribution >= 0.6 is 0 Å². The fourth-order valence-electron chi connectivity index (χ4n) is 4.11. The third-order valence-corrected chi connectivity index (χ3v) is 5.55. The second-order valence-corrected chi connectivity index (χ2v) is 7.47. The second-order valence-electron chi connectivity index (χ2n) is 7.47. The zero-order valence-corrected chi connectivity index (χ0v) is 16.1. The molecule has 1 fully saturated rings. The first-order chi connectivity index (χ1) is 14.1. The molecule has 7 heteroatoms. The van der Waals surface area contributed by atoms with Crippen LogP contribution in [0, 0.1) is 6.92 Å². The predicted molar refractivity (Wildman–Crippen MR) is 107 cm³/mol. The first-order valence-electron chi connectivity index (χ1n) is 9.80. The summed E-state index contributed by atoms with van der Waals surface area (Å²) in [5.41, 5.74) is 2.21. The van der Waals surface area contributed by atoms with Gasteiger partial charge in [0.2, 0.25) is 0 Å². The Balaban J connectivity index is 1.50. The highest BCUT2D eigenvalue weighted by Crippen LogP contribution is 2.38. The minimum atomic E-state index is -0.337. The average Bonchev–Trinajstić information content (AvgIpc) is 3.23. The molecule has 0 radical (unpaired) electrons. The Bertz CT molecular complexity index is 1170. The van der Waals surface area contributed by atoms with E-state index in [9.17, 15) is 9.59 Å². The van der Waals surface area contributed by atoms with E-state index in [1.165, 1.54) is 10.6 Å². The molecule has 7 nitrogen and oxygen atoms in total. The number of aromatic nitrogens is 2. The Morgan fingerprint density at radius 2 is 1.97 bits per heavy atom. The number of carbonyl (C=O) groups is 1. The van der Waals surface area contributed by atoms with Gasteiger partial charge in [0, 0.05) is 18.9 Å². The van der Waals surface area contributed by atoms with Crippen molar-refractivity contribution in [2.75, 3.05) is 19.8 Å². The maximum Gasteiger partial charge on any atom is 0.270 e. The third kappa shape index (κ3) is 3.03. The second kappa shape index (κ2) is 6.92. The van der Waals surface area contributed by atoms with Crippen LogP contribution in [0.1, 0.15) is 40.4 Å². The minimum Gasteiger partial charge on any atom is -0.486 e. The van der Waals surface area contributed by atoms with E-state index in [2.05, 4.69) is 4.98 Å². The lowest BCUT2D eigenvalue weighted by Crippen LogP contribution is -2.35.